The van der Waals surface area contributed by atoms with Crippen molar-refractivity contribution in [1.29, 1.82) is 0 Å². The van der Waals surface area contributed by atoms with Crippen LogP contribution in [-0.4, -0.2) is 38.9 Å². The molecule has 0 saturated heterocycles. The first-order chi connectivity index (χ1) is 8.82. The topological polar surface area (TPSA) is 63.7 Å². The summed E-state index contributed by atoms with van der Waals surface area (Å²) in [7, 11) is -2.94. The van der Waals surface area contributed by atoms with Crippen LogP contribution in [0, 0.1) is 11.6 Å². The lowest BCUT2D eigenvalue weighted by Crippen LogP contribution is -2.36. The van der Waals surface area contributed by atoms with Gasteiger partial charge in [-0.05, 0) is 18.2 Å². The minimum absolute atomic E-state index is 0.00354. The van der Waals surface area contributed by atoms with Crippen molar-refractivity contribution in [2.45, 2.75) is 11.8 Å². The number of methoxy groups -OCH3 is 1. The first kappa shape index (κ1) is 15.5. The van der Waals surface area contributed by atoms with E-state index in [4.69, 9.17) is 0 Å². The maximum absolute atomic E-state index is 13.1. The summed E-state index contributed by atoms with van der Waals surface area (Å²) in [5.74, 6) is -3.15. The number of sulfonamides is 1. The maximum Gasteiger partial charge on any atom is 0.321 e. The van der Waals surface area contributed by atoms with Crippen LogP contribution < -0.4 is 0 Å². The summed E-state index contributed by atoms with van der Waals surface area (Å²) in [5, 5.41) is 0. The van der Waals surface area contributed by atoms with Gasteiger partial charge in [0.05, 0.1) is 12.0 Å². The largest absolute Gasteiger partial charge is 0.468 e. The molecule has 0 aromatic heterocycles. The fourth-order valence-electron chi connectivity index (χ4n) is 1.36. The normalized spacial score (nSPS) is 11.6. The molecule has 0 heterocycles. The Bertz CT molecular complexity index is 574. The molecule has 1 aromatic carbocycles. The SMILES string of the molecule is CCN(CC(=O)OC)S(=O)(=O)c1ccc(F)c(F)c1. The molecule has 1 aromatic rings. The number of nitrogens with zero attached hydrogens (tertiary/aromatic N) is 1. The van der Waals surface area contributed by atoms with E-state index in [1.807, 2.05) is 0 Å². The third kappa shape index (κ3) is 3.48. The fourth-order valence-corrected chi connectivity index (χ4v) is 2.77. The molecule has 0 spiro atoms. The van der Waals surface area contributed by atoms with E-state index >= 15 is 0 Å². The van der Waals surface area contributed by atoms with Gasteiger partial charge in [-0.3, -0.25) is 4.79 Å². The van der Waals surface area contributed by atoms with Gasteiger partial charge in [-0.25, -0.2) is 17.2 Å². The molecule has 1 rings (SSSR count). The highest BCUT2D eigenvalue weighted by atomic mass is 32.2. The van der Waals surface area contributed by atoms with Crippen LogP contribution in [0.25, 0.3) is 0 Å². The van der Waals surface area contributed by atoms with E-state index in [9.17, 15) is 22.0 Å². The lowest BCUT2D eigenvalue weighted by Gasteiger charge is -2.19. The molecular weight excluding hydrogens is 280 g/mol. The zero-order valence-corrected chi connectivity index (χ0v) is 11.2. The average Bonchev–Trinajstić information content (AvgIpc) is 2.38. The molecule has 0 saturated carbocycles. The number of likely N-dealkylation sites (N-methyl/N-ethyl adjacent to an activating group) is 1. The Labute approximate surface area is 109 Å². The van der Waals surface area contributed by atoms with E-state index in [0.717, 1.165) is 17.5 Å². The first-order valence-electron chi connectivity index (χ1n) is 5.35. The van der Waals surface area contributed by atoms with Gasteiger partial charge in [0.2, 0.25) is 10.0 Å². The Kier molecular flexibility index (Phi) is 4.96. The summed E-state index contributed by atoms with van der Waals surface area (Å²) in [5.41, 5.74) is 0. The Morgan fingerprint density at radius 2 is 1.95 bits per heavy atom. The molecular formula is C11H13F2NO4S. The molecule has 5 nitrogen and oxygen atoms in total. The lowest BCUT2D eigenvalue weighted by atomic mass is 10.3. The van der Waals surface area contributed by atoms with E-state index < -0.39 is 39.1 Å². The second-order valence-corrected chi connectivity index (χ2v) is 5.52. The third-order valence-electron chi connectivity index (χ3n) is 2.41. The van der Waals surface area contributed by atoms with Gasteiger partial charge in [0.15, 0.2) is 11.6 Å². The van der Waals surface area contributed by atoms with Crippen molar-refractivity contribution in [3.05, 3.63) is 29.8 Å². The molecule has 0 aliphatic rings. The number of benzene rings is 1. The molecule has 0 aliphatic heterocycles. The monoisotopic (exact) mass is 293 g/mol. The quantitative estimate of drug-likeness (QED) is 0.764. The number of esters is 1. The smallest absolute Gasteiger partial charge is 0.321 e. The predicted octanol–water partition coefficient (Wildman–Crippen LogP) is 1.15. The highest BCUT2D eigenvalue weighted by molar-refractivity contribution is 7.89. The Morgan fingerprint density at radius 1 is 1.32 bits per heavy atom. The summed E-state index contributed by atoms with van der Waals surface area (Å²) < 4.78 is 55.2. The maximum atomic E-state index is 13.1. The van der Waals surface area contributed by atoms with Crippen molar-refractivity contribution < 1.29 is 26.7 Å². The summed E-state index contributed by atoms with van der Waals surface area (Å²) in [4.78, 5) is 10.7. The van der Waals surface area contributed by atoms with Crippen molar-refractivity contribution >= 4 is 16.0 Å². The zero-order chi connectivity index (χ0) is 14.6. The number of ether oxygens (including phenoxy) is 1. The molecule has 19 heavy (non-hydrogen) atoms. The van der Waals surface area contributed by atoms with Crippen molar-refractivity contribution in [2.75, 3.05) is 20.2 Å². The lowest BCUT2D eigenvalue weighted by molar-refractivity contribution is -0.140. The number of carbonyl (C=O) groups is 1. The van der Waals surface area contributed by atoms with E-state index in [-0.39, 0.29) is 6.54 Å². The van der Waals surface area contributed by atoms with Crippen molar-refractivity contribution in [3.8, 4) is 0 Å². The van der Waals surface area contributed by atoms with E-state index in [1.165, 1.54) is 6.92 Å². The van der Waals surface area contributed by atoms with Gasteiger partial charge < -0.3 is 4.74 Å². The van der Waals surface area contributed by atoms with Gasteiger partial charge in [-0.2, -0.15) is 4.31 Å². The third-order valence-corrected chi connectivity index (χ3v) is 4.33. The second-order valence-electron chi connectivity index (χ2n) is 3.58. The van der Waals surface area contributed by atoms with Crippen LogP contribution in [0.15, 0.2) is 23.1 Å². The first-order valence-corrected chi connectivity index (χ1v) is 6.79. The van der Waals surface area contributed by atoms with Crippen LogP contribution in [0.3, 0.4) is 0 Å². The predicted molar refractivity (Wildman–Crippen MR) is 62.8 cm³/mol. The standard InChI is InChI=1S/C11H13F2NO4S/c1-3-14(7-11(15)18-2)19(16,17)8-4-5-9(12)10(13)6-8/h4-6H,3,7H2,1-2H3. The van der Waals surface area contributed by atoms with Gasteiger partial charge in [-0.15, -0.1) is 0 Å². The summed E-state index contributed by atoms with van der Waals surface area (Å²) in [6.45, 7) is 1.02. The van der Waals surface area contributed by atoms with Gasteiger partial charge in [0, 0.05) is 6.54 Å². The number of hydrogen-bond acceptors (Lipinski definition) is 4. The van der Waals surface area contributed by atoms with Crippen molar-refractivity contribution in [1.82, 2.24) is 4.31 Å². The molecule has 0 fully saturated rings. The van der Waals surface area contributed by atoms with Crippen molar-refractivity contribution in [3.63, 3.8) is 0 Å². The Morgan fingerprint density at radius 3 is 2.42 bits per heavy atom. The van der Waals surface area contributed by atoms with Gasteiger partial charge in [0.1, 0.15) is 6.54 Å². The van der Waals surface area contributed by atoms with Crippen LogP contribution in [0.5, 0.6) is 0 Å². The van der Waals surface area contributed by atoms with Crippen molar-refractivity contribution in [2.24, 2.45) is 0 Å². The van der Waals surface area contributed by atoms with E-state index in [2.05, 4.69) is 4.74 Å². The van der Waals surface area contributed by atoms with Gasteiger partial charge >= 0.3 is 5.97 Å². The molecule has 0 bridgehead atoms. The summed E-state index contributed by atoms with van der Waals surface area (Å²) in [6.07, 6.45) is 0. The highest BCUT2D eigenvalue weighted by Crippen LogP contribution is 2.18. The van der Waals surface area contributed by atoms with E-state index in [1.54, 1.807) is 0 Å². The number of carbonyl (C=O) groups excluding carboxylic acids is 1. The minimum atomic E-state index is -4.07. The average molecular weight is 293 g/mol. The number of hydrogen-bond donors (Lipinski definition) is 0. The van der Waals surface area contributed by atoms with Crippen LogP contribution in [0.1, 0.15) is 6.92 Å². The minimum Gasteiger partial charge on any atom is -0.468 e. The Hall–Kier alpha value is -1.54. The molecule has 106 valence electrons. The second kappa shape index (κ2) is 6.07. The van der Waals surface area contributed by atoms with Crippen LogP contribution in [0.2, 0.25) is 0 Å². The molecule has 0 radical (unpaired) electrons. The summed E-state index contributed by atoms with van der Waals surface area (Å²) in [6, 6.07) is 2.23. The van der Waals surface area contributed by atoms with Crippen LogP contribution in [0.4, 0.5) is 8.78 Å². The van der Waals surface area contributed by atoms with Crippen LogP contribution >= 0.6 is 0 Å². The molecule has 0 amide bonds. The zero-order valence-electron chi connectivity index (χ0n) is 10.4. The molecule has 0 aliphatic carbocycles. The number of halogens is 2. The molecule has 0 N–H and O–H groups in total. The van der Waals surface area contributed by atoms with Gasteiger partial charge in [0.25, 0.3) is 0 Å². The van der Waals surface area contributed by atoms with E-state index in [0.29, 0.717) is 12.1 Å². The molecule has 8 heteroatoms. The molecule has 0 unspecified atom stereocenters. The van der Waals surface area contributed by atoms with Gasteiger partial charge in [-0.1, -0.05) is 6.92 Å². The van der Waals surface area contributed by atoms with Crippen LogP contribution in [-0.2, 0) is 19.6 Å². The highest BCUT2D eigenvalue weighted by Gasteiger charge is 2.26. The Balaban J connectivity index is 3.13. The molecule has 0 atom stereocenters. The summed E-state index contributed by atoms with van der Waals surface area (Å²) >= 11 is 0. The fraction of sp³-hybridized carbons (Fsp3) is 0.364. The number of rotatable bonds is 5.